The lowest BCUT2D eigenvalue weighted by Crippen LogP contribution is -2.49. The minimum absolute atomic E-state index is 0.113. The van der Waals surface area contributed by atoms with Crippen molar-refractivity contribution >= 4 is 55.0 Å². The molecule has 0 aliphatic carbocycles. The van der Waals surface area contributed by atoms with Crippen LogP contribution in [-0.4, -0.2) is 61.4 Å². The molecule has 0 amide bonds. The molecule has 31 heavy (non-hydrogen) atoms. The third kappa shape index (κ3) is 4.00. The lowest BCUT2D eigenvalue weighted by molar-refractivity contribution is 0.0531. The van der Waals surface area contributed by atoms with Crippen molar-refractivity contribution in [2.75, 3.05) is 37.7 Å². The number of aryl methyl sites for hydroxylation is 1. The van der Waals surface area contributed by atoms with E-state index in [1.165, 1.54) is 28.0 Å². The van der Waals surface area contributed by atoms with E-state index in [4.69, 9.17) is 16.3 Å². The number of benzene rings is 1. The Morgan fingerprint density at radius 3 is 2.58 bits per heavy atom. The average Bonchev–Trinajstić information content (AvgIpc) is 3.11. The van der Waals surface area contributed by atoms with Crippen LogP contribution in [0.2, 0.25) is 5.02 Å². The lowest BCUT2D eigenvalue weighted by atomic mass is 10.2. The molecule has 0 spiro atoms. The van der Waals surface area contributed by atoms with E-state index in [1.807, 2.05) is 11.8 Å². The first kappa shape index (κ1) is 21.9. The van der Waals surface area contributed by atoms with Gasteiger partial charge in [-0.25, -0.2) is 23.2 Å². The molecular formula is C20H21ClN4O4S2. The van der Waals surface area contributed by atoms with E-state index in [0.717, 1.165) is 10.9 Å². The topological polar surface area (TPSA) is 92.7 Å². The summed E-state index contributed by atoms with van der Waals surface area (Å²) < 4.78 is 32.6. The van der Waals surface area contributed by atoms with E-state index in [9.17, 15) is 13.2 Å². The number of sulfonamides is 1. The van der Waals surface area contributed by atoms with Gasteiger partial charge in [0.2, 0.25) is 10.0 Å². The maximum absolute atomic E-state index is 13.0. The van der Waals surface area contributed by atoms with Crippen LogP contribution in [0.3, 0.4) is 0 Å². The number of hydrogen-bond acceptors (Lipinski definition) is 8. The molecule has 1 fully saturated rings. The predicted molar refractivity (Wildman–Crippen MR) is 121 cm³/mol. The third-order valence-electron chi connectivity index (χ3n) is 5.16. The van der Waals surface area contributed by atoms with Crippen molar-refractivity contribution < 1.29 is 17.9 Å². The summed E-state index contributed by atoms with van der Waals surface area (Å²) in [5.41, 5.74) is 0.778. The number of rotatable bonds is 5. The first-order valence-corrected chi connectivity index (χ1v) is 12.4. The number of esters is 1. The maximum atomic E-state index is 13.0. The fourth-order valence-corrected chi connectivity index (χ4v) is 6.57. The molecule has 3 aromatic rings. The summed E-state index contributed by atoms with van der Waals surface area (Å²) in [5.74, 6) is 0.327. The number of anilines is 1. The molecule has 1 aromatic carbocycles. The smallest absolute Gasteiger partial charge is 0.348 e. The van der Waals surface area contributed by atoms with Crippen LogP contribution in [0.1, 0.15) is 22.2 Å². The lowest BCUT2D eigenvalue weighted by Gasteiger charge is -2.35. The zero-order valence-corrected chi connectivity index (χ0v) is 19.4. The molecule has 11 heteroatoms. The van der Waals surface area contributed by atoms with Crippen LogP contribution in [0, 0.1) is 6.92 Å². The normalized spacial score (nSPS) is 15.4. The van der Waals surface area contributed by atoms with Crippen molar-refractivity contribution in [2.45, 2.75) is 18.7 Å². The molecule has 8 nitrogen and oxygen atoms in total. The fourth-order valence-electron chi connectivity index (χ4n) is 3.62. The molecule has 164 valence electrons. The van der Waals surface area contributed by atoms with Crippen molar-refractivity contribution in [2.24, 2.45) is 0 Å². The van der Waals surface area contributed by atoms with Crippen LogP contribution < -0.4 is 4.90 Å². The third-order valence-corrected chi connectivity index (χ3v) is 8.74. The van der Waals surface area contributed by atoms with Gasteiger partial charge in [0.05, 0.1) is 17.0 Å². The minimum atomic E-state index is -3.68. The first-order chi connectivity index (χ1) is 14.8. The van der Waals surface area contributed by atoms with Gasteiger partial charge in [-0.05, 0) is 31.5 Å². The molecule has 1 aliphatic heterocycles. The van der Waals surface area contributed by atoms with E-state index in [0.29, 0.717) is 48.3 Å². The number of fused-ring (bicyclic) bond motifs is 1. The van der Waals surface area contributed by atoms with Gasteiger partial charge in [-0.2, -0.15) is 4.31 Å². The number of nitrogens with zero attached hydrogens (tertiary/aromatic N) is 4. The van der Waals surface area contributed by atoms with Crippen LogP contribution in [0.25, 0.3) is 10.2 Å². The molecule has 0 unspecified atom stereocenters. The molecule has 0 bridgehead atoms. The molecule has 0 radical (unpaired) electrons. The van der Waals surface area contributed by atoms with Crippen molar-refractivity contribution in [3.05, 3.63) is 46.1 Å². The second kappa shape index (κ2) is 8.70. The summed E-state index contributed by atoms with van der Waals surface area (Å²) in [4.78, 5) is 24.4. The van der Waals surface area contributed by atoms with Gasteiger partial charge >= 0.3 is 5.97 Å². The second-order valence-electron chi connectivity index (χ2n) is 6.98. The highest BCUT2D eigenvalue weighted by Crippen LogP contribution is 2.36. The molecule has 0 saturated carbocycles. The fraction of sp³-hybridized carbons (Fsp3) is 0.350. The van der Waals surface area contributed by atoms with Crippen molar-refractivity contribution in [1.29, 1.82) is 0 Å². The zero-order valence-electron chi connectivity index (χ0n) is 17.0. The van der Waals surface area contributed by atoms with Gasteiger partial charge in [0, 0.05) is 26.2 Å². The second-order valence-corrected chi connectivity index (χ2v) is 10.3. The van der Waals surface area contributed by atoms with Gasteiger partial charge in [-0.15, -0.1) is 11.3 Å². The SMILES string of the molecule is CCOC(=O)c1sc2ncnc(N3CCN(S(=O)(=O)c4ccccc4Cl)CC3)c2c1C. The molecule has 1 saturated heterocycles. The van der Waals surface area contributed by atoms with E-state index in [-0.39, 0.29) is 15.9 Å². The van der Waals surface area contributed by atoms with Crippen molar-refractivity contribution in [1.82, 2.24) is 14.3 Å². The highest BCUT2D eigenvalue weighted by atomic mass is 35.5. The number of piperazine rings is 1. The van der Waals surface area contributed by atoms with Gasteiger partial charge in [0.15, 0.2) is 0 Å². The first-order valence-electron chi connectivity index (χ1n) is 9.75. The highest BCUT2D eigenvalue weighted by molar-refractivity contribution is 7.89. The van der Waals surface area contributed by atoms with Gasteiger partial charge in [0.25, 0.3) is 0 Å². The number of thiophene rings is 1. The number of halogens is 1. The van der Waals surface area contributed by atoms with Crippen molar-refractivity contribution in [3.8, 4) is 0 Å². The summed E-state index contributed by atoms with van der Waals surface area (Å²) in [6.07, 6.45) is 1.47. The van der Waals surface area contributed by atoms with Crippen LogP contribution in [0.15, 0.2) is 35.5 Å². The number of hydrogen-bond donors (Lipinski definition) is 0. The largest absolute Gasteiger partial charge is 0.462 e. The maximum Gasteiger partial charge on any atom is 0.348 e. The summed E-state index contributed by atoms with van der Waals surface area (Å²) in [6, 6.07) is 6.45. The predicted octanol–water partition coefficient (Wildman–Crippen LogP) is 3.34. The Morgan fingerprint density at radius 1 is 1.19 bits per heavy atom. The molecular weight excluding hydrogens is 460 g/mol. The number of carbonyl (C=O) groups is 1. The monoisotopic (exact) mass is 480 g/mol. The van der Waals surface area contributed by atoms with Gasteiger partial charge in [0.1, 0.15) is 26.7 Å². The Bertz CT molecular complexity index is 1240. The summed E-state index contributed by atoms with van der Waals surface area (Å²) in [7, 11) is -3.68. The Kier molecular flexibility index (Phi) is 6.16. The van der Waals surface area contributed by atoms with E-state index in [2.05, 4.69) is 9.97 Å². The van der Waals surface area contributed by atoms with Gasteiger partial charge < -0.3 is 9.64 Å². The van der Waals surface area contributed by atoms with Gasteiger partial charge in [-0.3, -0.25) is 0 Å². The Labute approximate surface area is 189 Å². The van der Waals surface area contributed by atoms with Crippen LogP contribution in [0.4, 0.5) is 5.82 Å². The van der Waals surface area contributed by atoms with E-state index >= 15 is 0 Å². The summed E-state index contributed by atoms with van der Waals surface area (Å²) >= 11 is 7.40. The molecule has 1 aliphatic rings. The molecule has 2 aromatic heterocycles. The Morgan fingerprint density at radius 2 is 1.90 bits per heavy atom. The van der Waals surface area contributed by atoms with Crippen LogP contribution in [0.5, 0.6) is 0 Å². The van der Waals surface area contributed by atoms with E-state index in [1.54, 1.807) is 25.1 Å². The highest BCUT2D eigenvalue weighted by Gasteiger charge is 2.31. The molecule has 4 rings (SSSR count). The quantitative estimate of drug-likeness (QED) is 0.517. The van der Waals surface area contributed by atoms with Crippen molar-refractivity contribution in [3.63, 3.8) is 0 Å². The number of carbonyl (C=O) groups excluding carboxylic acids is 1. The summed E-state index contributed by atoms with van der Waals surface area (Å²) in [6.45, 7) is 5.44. The molecule has 0 atom stereocenters. The standard InChI is InChI=1S/C20H21ClN4O4S2/c1-3-29-20(26)17-13(2)16-18(22-12-23-19(16)30-17)24-8-10-25(11-9-24)31(27,28)15-7-5-4-6-14(15)21/h4-7,12H,3,8-11H2,1-2H3. The van der Waals surface area contributed by atoms with Crippen LogP contribution in [-0.2, 0) is 14.8 Å². The molecule has 0 N–H and O–H groups in total. The average molecular weight is 481 g/mol. The minimum Gasteiger partial charge on any atom is -0.462 e. The Balaban J connectivity index is 1.59. The van der Waals surface area contributed by atoms with Gasteiger partial charge in [-0.1, -0.05) is 23.7 Å². The summed E-state index contributed by atoms with van der Waals surface area (Å²) in [5, 5.41) is 1.01. The zero-order chi connectivity index (χ0) is 22.2. The van der Waals surface area contributed by atoms with Crippen LogP contribution >= 0.6 is 22.9 Å². The van der Waals surface area contributed by atoms with E-state index < -0.39 is 10.0 Å². The number of aromatic nitrogens is 2. The molecule has 3 heterocycles. The number of ether oxygens (including phenoxy) is 1. The Hall–Kier alpha value is -2.27.